The molecule has 2 aromatic rings. The molecule has 3 N–H and O–H groups in total. The van der Waals surface area contributed by atoms with Crippen LogP contribution >= 0.6 is 0 Å². The van der Waals surface area contributed by atoms with Crippen LogP contribution in [0.15, 0.2) is 35.1 Å². The second kappa shape index (κ2) is 7.14. The minimum Gasteiger partial charge on any atom is -0.501 e. The van der Waals surface area contributed by atoms with Gasteiger partial charge in [0.25, 0.3) is 5.56 Å². The van der Waals surface area contributed by atoms with Gasteiger partial charge in [-0.1, -0.05) is 18.2 Å². The monoisotopic (exact) mass is 347 g/mol. The van der Waals surface area contributed by atoms with Crippen LogP contribution in [-0.4, -0.2) is 34.1 Å². The van der Waals surface area contributed by atoms with Crippen LogP contribution in [0.4, 0.5) is 0 Å². The fraction of sp³-hybridized carbons (Fsp3) is 0.250. The second-order valence-corrected chi connectivity index (χ2v) is 5.59. The molecule has 0 radical (unpaired) electrons. The molecule has 0 spiro atoms. The first-order chi connectivity index (χ1) is 11.8. The van der Waals surface area contributed by atoms with Gasteiger partial charge >= 0.3 is 11.9 Å². The van der Waals surface area contributed by atoms with Crippen molar-refractivity contribution in [3.05, 3.63) is 57.8 Å². The van der Waals surface area contributed by atoms with Gasteiger partial charge in [0.1, 0.15) is 11.4 Å². The summed E-state index contributed by atoms with van der Waals surface area (Å²) >= 11 is 0. The van der Waals surface area contributed by atoms with E-state index >= 15 is 0 Å². The van der Waals surface area contributed by atoms with E-state index in [2.05, 4.69) is 20.2 Å². The maximum Gasteiger partial charge on any atom is 0.360 e. The Balaban J connectivity index is 2.24. The third-order valence-corrected chi connectivity index (χ3v) is 3.27. The molecule has 0 bridgehead atoms. The molecule has 2 rings (SSSR count). The average molecular weight is 347 g/mol. The highest BCUT2D eigenvalue weighted by Gasteiger charge is 2.29. The third-order valence-electron chi connectivity index (χ3n) is 3.27. The Morgan fingerprint density at radius 3 is 2.44 bits per heavy atom. The zero-order valence-corrected chi connectivity index (χ0v) is 13.8. The van der Waals surface area contributed by atoms with Crippen molar-refractivity contribution in [2.45, 2.75) is 19.4 Å². The molecule has 0 unspecified atom stereocenters. The minimum absolute atomic E-state index is 0.0310. The highest BCUT2D eigenvalue weighted by Crippen LogP contribution is 2.18. The van der Waals surface area contributed by atoms with Crippen LogP contribution in [0.1, 0.15) is 40.5 Å². The van der Waals surface area contributed by atoms with Crippen molar-refractivity contribution in [2.24, 2.45) is 0 Å². The summed E-state index contributed by atoms with van der Waals surface area (Å²) in [7, 11) is 1.09. The molecular formula is C16H17N3O6. The Bertz CT molecular complexity index is 845. The zero-order valence-electron chi connectivity index (χ0n) is 13.8. The molecule has 0 aliphatic carbocycles. The number of hydrogen-bond donors (Lipinski definition) is 3. The van der Waals surface area contributed by atoms with E-state index in [0.29, 0.717) is 5.56 Å². The molecule has 0 saturated carbocycles. The van der Waals surface area contributed by atoms with Crippen LogP contribution in [-0.2, 0) is 15.1 Å². The number of aromatic nitrogens is 2. The van der Waals surface area contributed by atoms with Gasteiger partial charge in [0.2, 0.25) is 5.75 Å². The van der Waals surface area contributed by atoms with E-state index in [1.54, 1.807) is 44.2 Å². The summed E-state index contributed by atoms with van der Waals surface area (Å²) in [4.78, 5) is 46.6. The number of nitrogens with zero attached hydrogens (tertiary/aromatic N) is 1. The van der Waals surface area contributed by atoms with Gasteiger partial charge in [-0.05, 0) is 26.0 Å². The molecule has 25 heavy (non-hydrogen) atoms. The lowest BCUT2D eigenvalue weighted by molar-refractivity contribution is -0.00144. The van der Waals surface area contributed by atoms with Gasteiger partial charge in [0.15, 0.2) is 5.69 Å². The number of carbonyl (C=O) groups is 2. The first kappa shape index (κ1) is 18.1. The molecule has 1 aromatic carbocycles. The number of H-pyrrole nitrogens is 1. The number of esters is 1. The number of ether oxygens (including phenoxy) is 1. The standard InChI is InChI=1S/C16H17N3O6/c1-16(2,19-25-13(22)9-7-5-4-6-8-9)15-17-10(14(23)24-3)11(20)12(21)18-15/h4-8,19-20H,1-3H3,(H,17,18,21). The normalized spacial score (nSPS) is 11.0. The summed E-state index contributed by atoms with van der Waals surface area (Å²) in [6.45, 7) is 3.11. The number of methoxy groups -OCH3 is 1. The molecule has 9 heteroatoms. The van der Waals surface area contributed by atoms with Gasteiger partial charge in [0.05, 0.1) is 12.7 Å². The number of hydrogen-bond acceptors (Lipinski definition) is 8. The maximum atomic E-state index is 12.0. The van der Waals surface area contributed by atoms with Crippen LogP contribution in [0.2, 0.25) is 0 Å². The van der Waals surface area contributed by atoms with E-state index in [-0.39, 0.29) is 5.82 Å². The Morgan fingerprint density at radius 1 is 1.20 bits per heavy atom. The number of aromatic amines is 1. The van der Waals surface area contributed by atoms with Crippen molar-refractivity contribution >= 4 is 11.9 Å². The van der Waals surface area contributed by atoms with Crippen molar-refractivity contribution in [3.8, 4) is 5.75 Å². The summed E-state index contributed by atoms with van der Waals surface area (Å²) in [6.07, 6.45) is 0. The van der Waals surface area contributed by atoms with E-state index in [1.165, 1.54) is 0 Å². The minimum atomic E-state index is -1.17. The molecule has 132 valence electrons. The molecule has 0 aliphatic heterocycles. The molecule has 0 aliphatic rings. The van der Waals surface area contributed by atoms with Crippen molar-refractivity contribution in [3.63, 3.8) is 0 Å². The topological polar surface area (TPSA) is 131 Å². The third kappa shape index (κ3) is 4.01. The maximum absolute atomic E-state index is 12.0. The number of hydroxylamine groups is 1. The number of aromatic hydroxyl groups is 1. The van der Waals surface area contributed by atoms with Gasteiger partial charge in [-0.3, -0.25) is 4.79 Å². The van der Waals surface area contributed by atoms with E-state index in [9.17, 15) is 19.5 Å². The van der Waals surface area contributed by atoms with Crippen molar-refractivity contribution < 1.29 is 24.3 Å². The van der Waals surface area contributed by atoms with Gasteiger partial charge in [-0.15, -0.1) is 5.48 Å². The lowest BCUT2D eigenvalue weighted by Crippen LogP contribution is -2.41. The summed E-state index contributed by atoms with van der Waals surface area (Å²) in [5.74, 6) is -2.49. The molecular weight excluding hydrogens is 330 g/mol. The van der Waals surface area contributed by atoms with Crippen molar-refractivity contribution in [1.29, 1.82) is 0 Å². The van der Waals surface area contributed by atoms with Gasteiger partial charge in [0, 0.05) is 0 Å². The smallest absolute Gasteiger partial charge is 0.360 e. The van der Waals surface area contributed by atoms with Crippen LogP contribution < -0.4 is 11.0 Å². The Kier molecular flexibility index (Phi) is 5.18. The summed E-state index contributed by atoms with van der Waals surface area (Å²) in [5.41, 5.74) is 0.191. The number of nitrogens with one attached hydrogen (secondary N) is 2. The number of rotatable bonds is 5. The zero-order chi connectivity index (χ0) is 18.6. The summed E-state index contributed by atoms with van der Waals surface area (Å²) < 4.78 is 4.48. The molecule has 1 aromatic heterocycles. The Labute approximate surface area is 142 Å². The number of benzene rings is 1. The van der Waals surface area contributed by atoms with E-state index < -0.39 is 34.5 Å². The highest BCUT2D eigenvalue weighted by molar-refractivity contribution is 5.90. The Hall–Kier alpha value is -3.20. The van der Waals surface area contributed by atoms with E-state index in [1.807, 2.05) is 0 Å². The lowest BCUT2D eigenvalue weighted by atomic mass is 10.1. The van der Waals surface area contributed by atoms with Gasteiger partial charge < -0.3 is 19.7 Å². The fourth-order valence-corrected chi connectivity index (χ4v) is 1.86. The van der Waals surface area contributed by atoms with Crippen molar-refractivity contribution in [2.75, 3.05) is 7.11 Å². The molecule has 9 nitrogen and oxygen atoms in total. The van der Waals surface area contributed by atoms with Gasteiger partial charge in [-0.25, -0.2) is 14.6 Å². The lowest BCUT2D eigenvalue weighted by Gasteiger charge is -2.24. The summed E-state index contributed by atoms with van der Waals surface area (Å²) in [6, 6.07) is 8.28. The first-order valence-electron chi connectivity index (χ1n) is 7.21. The molecule has 0 fully saturated rings. The predicted molar refractivity (Wildman–Crippen MR) is 85.9 cm³/mol. The average Bonchev–Trinajstić information content (AvgIpc) is 2.61. The quantitative estimate of drug-likeness (QED) is 0.536. The highest BCUT2D eigenvalue weighted by atomic mass is 16.7. The van der Waals surface area contributed by atoms with Crippen molar-refractivity contribution in [1.82, 2.24) is 15.4 Å². The van der Waals surface area contributed by atoms with Crippen LogP contribution in [0, 0.1) is 0 Å². The first-order valence-corrected chi connectivity index (χ1v) is 7.21. The van der Waals surface area contributed by atoms with Crippen LogP contribution in [0.5, 0.6) is 5.75 Å². The van der Waals surface area contributed by atoms with Gasteiger partial charge in [-0.2, -0.15) is 0 Å². The van der Waals surface area contributed by atoms with E-state index in [0.717, 1.165) is 7.11 Å². The molecule has 1 heterocycles. The fourth-order valence-electron chi connectivity index (χ4n) is 1.86. The molecule has 0 atom stereocenters. The molecule has 0 amide bonds. The second-order valence-electron chi connectivity index (χ2n) is 5.59. The van der Waals surface area contributed by atoms with E-state index in [4.69, 9.17) is 4.84 Å². The predicted octanol–water partition coefficient (Wildman–Crippen LogP) is 0.859. The summed E-state index contributed by atoms with van der Waals surface area (Å²) in [5, 5.41) is 9.64. The van der Waals surface area contributed by atoms with Crippen LogP contribution in [0.25, 0.3) is 0 Å². The number of carbonyl (C=O) groups excluding carboxylic acids is 2. The van der Waals surface area contributed by atoms with Crippen LogP contribution in [0.3, 0.4) is 0 Å². The largest absolute Gasteiger partial charge is 0.501 e. The Morgan fingerprint density at radius 2 is 1.84 bits per heavy atom. The molecule has 0 saturated heterocycles. The SMILES string of the molecule is COC(=O)c1nc(C(C)(C)NOC(=O)c2ccccc2)[nH]c(=O)c1O.